The molecule has 0 unspecified atom stereocenters. The third-order valence-electron chi connectivity index (χ3n) is 5.27. The fourth-order valence-electron chi connectivity index (χ4n) is 3.49. The Balaban J connectivity index is 2.48. The normalized spacial score (nSPS) is 12.0. The smallest absolute Gasteiger partial charge is 0.244 e. The Labute approximate surface area is 190 Å². The highest BCUT2D eigenvalue weighted by Crippen LogP contribution is 2.29. The van der Waals surface area contributed by atoms with Gasteiger partial charge in [-0.05, 0) is 36.6 Å². The molecule has 0 aliphatic carbocycles. The van der Waals surface area contributed by atoms with Gasteiger partial charge in [0.05, 0.1) is 19.1 Å². The van der Waals surface area contributed by atoms with Gasteiger partial charge in [0.25, 0.3) is 0 Å². The summed E-state index contributed by atoms with van der Waals surface area (Å²) in [6.07, 6.45) is 1.42. The zero-order valence-electron chi connectivity index (χ0n) is 19.2. The van der Waals surface area contributed by atoms with Gasteiger partial charge in [-0.3, -0.25) is 13.9 Å². The third kappa shape index (κ3) is 6.00. The molecule has 32 heavy (non-hydrogen) atoms. The largest absolute Gasteiger partial charge is 0.495 e. The molecule has 2 rings (SSSR count). The summed E-state index contributed by atoms with van der Waals surface area (Å²) in [7, 11) is -0.865. The molecule has 0 spiro atoms. The zero-order chi connectivity index (χ0) is 23.9. The fourth-order valence-corrected chi connectivity index (χ4v) is 4.34. The number of hydrogen-bond acceptors (Lipinski definition) is 5. The number of benzene rings is 2. The molecule has 174 valence electrons. The van der Waals surface area contributed by atoms with Gasteiger partial charge >= 0.3 is 0 Å². The van der Waals surface area contributed by atoms with E-state index in [0.717, 1.165) is 21.7 Å². The van der Waals surface area contributed by atoms with Gasteiger partial charge in [-0.15, -0.1) is 0 Å². The van der Waals surface area contributed by atoms with E-state index >= 15 is 0 Å². The van der Waals surface area contributed by atoms with Gasteiger partial charge in [0.15, 0.2) is 0 Å². The van der Waals surface area contributed by atoms with E-state index in [1.54, 1.807) is 24.3 Å². The summed E-state index contributed by atoms with van der Waals surface area (Å²) in [5, 5.41) is 2.60. The molecule has 0 saturated heterocycles. The number of rotatable bonds is 10. The summed E-state index contributed by atoms with van der Waals surface area (Å²) in [6, 6.07) is 13.4. The molecule has 1 N–H and O–H groups in total. The second-order valence-corrected chi connectivity index (χ2v) is 9.33. The lowest BCUT2D eigenvalue weighted by atomic mass is 10.1. The van der Waals surface area contributed by atoms with Crippen molar-refractivity contribution in [3.63, 3.8) is 0 Å². The first kappa shape index (κ1) is 25.2. The van der Waals surface area contributed by atoms with Crippen molar-refractivity contribution in [1.29, 1.82) is 0 Å². The van der Waals surface area contributed by atoms with Crippen molar-refractivity contribution in [2.24, 2.45) is 0 Å². The predicted molar refractivity (Wildman–Crippen MR) is 125 cm³/mol. The number of sulfonamides is 1. The van der Waals surface area contributed by atoms with Crippen LogP contribution in [0.1, 0.15) is 24.5 Å². The maximum atomic E-state index is 13.5. The summed E-state index contributed by atoms with van der Waals surface area (Å²) >= 11 is 0. The second kappa shape index (κ2) is 11.0. The lowest BCUT2D eigenvalue weighted by Crippen LogP contribution is -2.51. The molecule has 0 radical (unpaired) electrons. The molecule has 2 amide bonds. The number of hydrogen-bond donors (Lipinski definition) is 1. The first-order chi connectivity index (χ1) is 15.1. The van der Waals surface area contributed by atoms with Crippen LogP contribution in [0.4, 0.5) is 5.69 Å². The Morgan fingerprint density at radius 1 is 1.09 bits per heavy atom. The molecular weight excluding hydrogens is 430 g/mol. The predicted octanol–water partition coefficient (Wildman–Crippen LogP) is 2.32. The number of ether oxygens (including phenoxy) is 1. The van der Waals surface area contributed by atoms with Crippen LogP contribution < -0.4 is 14.4 Å². The van der Waals surface area contributed by atoms with Gasteiger partial charge in [-0.25, -0.2) is 8.42 Å². The number of nitrogens with one attached hydrogen (secondary N) is 1. The molecule has 9 heteroatoms. The van der Waals surface area contributed by atoms with Crippen molar-refractivity contribution in [1.82, 2.24) is 10.2 Å². The van der Waals surface area contributed by atoms with E-state index in [1.807, 2.05) is 38.1 Å². The molecular formula is C23H31N3O5S. The van der Waals surface area contributed by atoms with E-state index in [-0.39, 0.29) is 18.1 Å². The van der Waals surface area contributed by atoms with Crippen LogP contribution in [0.5, 0.6) is 5.75 Å². The highest BCUT2D eigenvalue weighted by Gasteiger charge is 2.32. The van der Waals surface area contributed by atoms with Crippen LogP contribution in [0.25, 0.3) is 0 Å². The molecule has 0 bridgehead atoms. The number of likely N-dealkylation sites (N-methyl/N-ethyl adjacent to an activating group) is 1. The van der Waals surface area contributed by atoms with Crippen molar-refractivity contribution >= 4 is 27.5 Å². The second-order valence-electron chi connectivity index (χ2n) is 7.43. The van der Waals surface area contributed by atoms with Crippen LogP contribution in [-0.2, 0) is 26.2 Å². The van der Waals surface area contributed by atoms with Crippen LogP contribution >= 0.6 is 0 Å². The van der Waals surface area contributed by atoms with Crippen LogP contribution in [0, 0.1) is 6.92 Å². The minimum atomic E-state index is -3.81. The average molecular weight is 462 g/mol. The average Bonchev–Trinajstić information content (AvgIpc) is 2.77. The Hall–Kier alpha value is -3.07. The van der Waals surface area contributed by atoms with Crippen molar-refractivity contribution < 1.29 is 22.7 Å². The SMILES string of the molecule is CC[C@H](C(=O)NC)N(Cc1ccccc1C)C(=O)CN(c1ccccc1OC)S(C)(=O)=O. The number of para-hydroxylation sites is 2. The number of aryl methyl sites for hydroxylation is 1. The fraction of sp³-hybridized carbons (Fsp3) is 0.391. The van der Waals surface area contributed by atoms with E-state index in [4.69, 9.17) is 4.74 Å². The van der Waals surface area contributed by atoms with E-state index < -0.39 is 28.5 Å². The molecule has 0 aromatic heterocycles. The number of carbonyl (C=O) groups is 2. The Kier molecular flexibility index (Phi) is 8.65. The molecule has 2 aromatic rings. The van der Waals surface area contributed by atoms with Crippen molar-refractivity contribution in [3.8, 4) is 5.75 Å². The molecule has 0 aliphatic rings. The summed E-state index contributed by atoms with van der Waals surface area (Å²) in [5.41, 5.74) is 2.11. The van der Waals surface area contributed by atoms with E-state index in [0.29, 0.717) is 12.2 Å². The molecule has 0 heterocycles. The van der Waals surface area contributed by atoms with Gasteiger partial charge in [-0.1, -0.05) is 43.3 Å². The first-order valence-corrected chi connectivity index (χ1v) is 12.1. The molecule has 8 nitrogen and oxygen atoms in total. The standard InChI is InChI=1S/C23H31N3O5S/c1-6-19(23(28)24-3)25(15-18-12-8-7-11-17(18)2)22(27)16-26(32(5,29)30)20-13-9-10-14-21(20)31-4/h7-14,19H,6,15-16H2,1-5H3,(H,24,28)/t19-/m1/s1. The Morgan fingerprint density at radius 3 is 2.28 bits per heavy atom. The minimum Gasteiger partial charge on any atom is -0.495 e. The number of nitrogens with zero attached hydrogens (tertiary/aromatic N) is 2. The quantitative estimate of drug-likeness (QED) is 0.586. The summed E-state index contributed by atoms with van der Waals surface area (Å²) in [6.45, 7) is 3.46. The number of amides is 2. The first-order valence-electron chi connectivity index (χ1n) is 10.3. The van der Waals surface area contributed by atoms with Crippen molar-refractivity contribution in [3.05, 3.63) is 59.7 Å². The van der Waals surface area contributed by atoms with Crippen LogP contribution in [0.2, 0.25) is 0 Å². The zero-order valence-corrected chi connectivity index (χ0v) is 20.0. The lowest BCUT2D eigenvalue weighted by Gasteiger charge is -2.33. The van der Waals surface area contributed by atoms with Gasteiger partial charge in [0, 0.05) is 13.6 Å². The van der Waals surface area contributed by atoms with Gasteiger partial charge < -0.3 is 15.0 Å². The van der Waals surface area contributed by atoms with E-state index in [9.17, 15) is 18.0 Å². The minimum absolute atomic E-state index is 0.182. The maximum absolute atomic E-state index is 13.5. The van der Waals surface area contributed by atoms with Crippen molar-refractivity contribution in [2.75, 3.05) is 31.3 Å². The molecule has 0 aliphatic heterocycles. The van der Waals surface area contributed by atoms with Crippen molar-refractivity contribution in [2.45, 2.75) is 32.9 Å². The van der Waals surface area contributed by atoms with E-state index in [2.05, 4.69) is 5.32 Å². The van der Waals surface area contributed by atoms with Crippen LogP contribution in [0.3, 0.4) is 0 Å². The van der Waals surface area contributed by atoms with Gasteiger partial charge in [0.2, 0.25) is 21.8 Å². The van der Waals surface area contributed by atoms with Gasteiger partial charge in [-0.2, -0.15) is 0 Å². The van der Waals surface area contributed by atoms with Gasteiger partial charge in [0.1, 0.15) is 18.3 Å². The number of anilines is 1. The molecule has 1 atom stereocenters. The highest BCUT2D eigenvalue weighted by molar-refractivity contribution is 7.92. The van der Waals surface area contributed by atoms with E-state index in [1.165, 1.54) is 19.1 Å². The Bertz CT molecular complexity index is 1060. The number of methoxy groups -OCH3 is 1. The van der Waals surface area contributed by atoms with Crippen LogP contribution in [-0.4, -0.2) is 58.1 Å². The molecule has 0 fully saturated rings. The molecule has 2 aromatic carbocycles. The highest BCUT2D eigenvalue weighted by atomic mass is 32.2. The third-order valence-corrected chi connectivity index (χ3v) is 6.39. The van der Waals surface area contributed by atoms with Crippen LogP contribution in [0.15, 0.2) is 48.5 Å². The lowest BCUT2D eigenvalue weighted by molar-refractivity contribution is -0.140. The Morgan fingerprint density at radius 2 is 1.72 bits per heavy atom. The monoisotopic (exact) mass is 461 g/mol. The summed E-state index contributed by atoms with van der Waals surface area (Å²) < 4.78 is 31.6. The topological polar surface area (TPSA) is 96.0 Å². The maximum Gasteiger partial charge on any atom is 0.244 e. The number of carbonyl (C=O) groups excluding carboxylic acids is 2. The summed E-state index contributed by atoms with van der Waals surface area (Å²) in [4.78, 5) is 27.5. The molecule has 0 saturated carbocycles. The summed E-state index contributed by atoms with van der Waals surface area (Å²) in [5.74, 6) is -0.466.